The third kappa shape index (κ3) is 4.98. The number of carbonyl (C=O) groups excluding carboxylic acids is 2. The summed E-state index contributed by atoms with van der Waals surface area (Å²) in [4.78, 5) is 29.8. The predicted octanol–water partition coefficient (Wildman–Crippen LogP) is 4.99. The number of rotatable bonds is 9. The number of esters is 1. The van der Waals surface area contributed by atoms with E-state index in [1.807, 2.05) is 31.3 Å². The highest BCUT2D eigenvalue weighted by molar-refractivity contribution is 6.06. The summed E-state index contributed by atoms with van der Waals surface area (Å²) < 4.78 is 7.48. The van der Waals surface area contributed by atoms with Gasteiger partial charge in [0.15, 0.2) is 6.73 Å². The number of aromatic nitrogens is 2. The Hall–Kier alpha value is -3.39. The lowest BCUT2D eigenvalue weighted by molar-refractivity contribution is -0.148. The van der Waals surface area contributed by atoms with E-state index in [1.165, 1.54) is 11.8 Å². The standard InChI is InChI=1S/C32H40N4O4/c1-18(2)10-20-4-6-22(7-5-20)19(3)31(38)40-17-36-9-8-25-28(26(29(33)37)16-34-30(25)36)35-27-23-11-21-12-24(27)15-32(39,13-21)14-23/h4-9,16,18-19,21,23-24,27,39H,10-15,17H2,1-3H3,(H2,33,37)(H,34,35)/t19-,21?,23?,24?,27?,32?/m1/s1. The number of nitrogens with two attached hydrogens (primary N) is 1. The van der Waals surface area contributed by atoms with Crippen LogP contribution in [-0.2, 0) is 22.7 Å². The lowest BCUT2D eigenvalue weighted by Crippen LogP contribution is -2.59. The fourth-order valence-electron chi connectivity index (χ4n) is 7.78. The second-order valence-corrected chi connectivity index (χ2v) is 13.0. The SMILES string of the molecule is CC(C)Cc1ccc([C@@H](C)C(=O)OCn2ccc3c(NC4C5CC6CC4CC(O)(C6)C5)c(C(N)=O)cnc32)cc1. The third-order valence-electron chi connectivity index (χ3n) is 9.43. The van der Waals surface area contributed by atoms with Gasteiger partial charge in [-0.15, -0.1) is 0 Å². The first-order valence-corrected chi connectivity index (χ1v) is 14.6. The van der Waals surface area contributed by atoms with Gasteiger partial charge in [-0.3, -0.25) is 14.2 Å². The van der Waals surface area contributed by atoms with E-state index < -0.39 is 17.4 Å². The normalized spacial score (nSPS) is 27.7. The van der Waals surface area contributed by atoms with Gasteiger partial charge in [-0.05, 0) is 86.3 Å². The van der Waals surface area contributed by atoms with Gasteiger partial charge in [0.2, 0.25) is 0 Å². The summed E-state index contributed by atoms with van der Waals surface area (Å²) >= 11 is 0. The van der Waals surface area contributed by atoms with Crippen LogP contribution in [-0.4, -0.2) is 38.2 Å². The fraction of sp³-hybridized carbons (Fsp3) is 0.531. The number of carbonyl (C=O) groups is 2. The van der Waals surface area contributed by atoms with Crippen molar-refractivity contribution in [2.75, 3.05) is 5.32 Å². The predicted molar refractivity (Wildman–Crippen MR) is 154 cm³/mol. The van der Waals surface area contributed by atoms with Gasteiger partial charge in [-0.2, -0.15) is 0 Å². The van der Waals surface area contributed by atoms with Crippen LogP contribution in [0.4, 0.5) is 5.69 Å². The molecular weight excluding hydrogens is 504 g/mol. The van der Waals surface area contributed by atoms with Gasteiger partial charge in [0.25, 0.3) is 5.91 Å². The number of anilines is 1. The number of pyridine rings is 1. The largest absolute Gasteiger partial charge is 0.443 e. The van der Waals surface area contributed by atoms with Crippen LogP contribution in [0.15, 0.2) is 42.7 Å². The van der Waals surface area contributed by atoms with Crippen molar-refractivity contribution in [3.05, 3.63) is 59.4 Å². The smallest absolute Gasteiger partial charge is 0.314 e. The molecule has 0 saturated heterocycles. The lowest BCUT2D eigenvalue weighted by Gasteiger charge is -2.58. The van der Waals surface area contributed by atoms with Crippen LogP contribution in [0.3, 0.4) is 0 Å². The molecule has 0 aliphatic heterocycles. The molecule has 4 aliphatic carbocycles. The second-order valence-electron chi connectivity index (χ2n) is 13.0. The van der Waals surface area contributed by atoms with Crippen LogP contribution in [0.2, 0.25) is 0 Å². The molecule has 1 amide bonds. The number of hydrogen-bond acceptors (Lipinski definition) is 6. The minimum atomic E-state index is -0.535. The van der Waals surface area contributed by atoms with Crippen LogP contribution in [0.1, 0.15) is 80.3 Å². The maximum Gasteiger partial charge on any atom is 0.314 e. The summed E-state index contributed by atoms with van der Waals surface area (Å²) in [5.41, 5.74) is 9.07. The highest BCUT2D eigenvalue weighted by atomic mass is 16.5. The third-order valence-corrected chi connectivity index (χ3v) is 9.43. The van der Waals surface area contributed by atoms with Crippen molar-refractivity contribution in [1.29, 1.82) is 0 Å². The molecule has 4 saturated carbocycles. The number of ether oxygens (including phenoxy) is 1. The highest BCUT2D eigenvalue weighted by Gasteiger charge is 2.54. The molecule has 4 aliphatic rings. The van der Waals surface area contributed by atoms with E-state index in [4.69, 9.17) is 10.5 Å². The van der Waals surface area contributed by atoms with Crippen LogP contribution in [0.25, 0.3) is 11.0 Å². The van der Waals surface area contributed by atoms with Crippen molar-refractivity contribution in [1.82, 2.24) is 9.55 Å². The lowest BCUT2D eigenvalue weighted by atomic mass is 9.52. The summed E-state index contributed by atoms with van der Waals surface area (Å²) in [5, 5.41) is 15.5. The molecule has 40 heavy (non-hydrogen) atoms. The van der Waals surface area contributed by atoms with Crippen LogP contribution >= 0.6 is 0 Å². The molecule has 2 unspecified atom stereocenters. The number of fused-ring (bicyclic) bond motifs is 1. The zero-order valence-corrected chi connectivity index (χ0v) is 23.6. The molecule has 0 radical (unpaired) electrons. The number of hydrogen-bond donors (Lipinski definition) is 3. The van der Waals surface area contributed by atoms with E-state index in [1.54, 1.807) is 4.57 Å². The molecule has 4 bridgehead atoms. The molecule has 0 spiro atoms. The van der Waals surface area contributed by atoms with E-state index in [9.17, 15) is 14.7 Å². The van der Waals surface area contributed by atoms with Gasteiger partial charge in [-0.1, -0.05) is 38.1 Å². The Kier molecular flexibility index (Phi) is 6.85. The van der Waals surface area contributed by atoms with Gasteiger partial charge in [0.05, 0.1) is 22.8 Å². The monoisotopic (exact) mass is 544 g/mol. The molecular formula is C32H40N4O4. The van der Waals surface area contributed by atoms with Crippen molar-refractivity contribution in [2.24, 2.45) is 29.4 Å². The Bertz CT molecular complexity index is 1410. The molecule has 3 aromatic rings. The van der Waals surface area contributed by atoms with E-state index in [0.717, 1.165) is 49.5 Å². The van der Waals surface area contributed by atoms with Crippen LogP contribution < -0.4 is 11.1 Å². The molecule has 2 heterocycles. The average Bonchev–Trinajstić information content (AvgIpc) is 3.31. The highest BCUT2D eigenvalue weighted by Crippen LogP contribution is 2.56. The van der Waals surface area contributed by atoms with Crippen LogP contribution in [0, 0.1) is 23.7 Å². The minimum Gasteiger partial charge on any atom is -0.443 e. The first-order valence-electron chi connectivity index (χ1n) is 14.6. The molecule has 8 nitrogen and oxygen atoms in total. The summed E-state index contributed by atoms with van der Waals surface area (Å²) in [6.45, 7) is 6.25. The molecule has 7 rings (SSSR count). The first-order chi connectivity index (χ1) is 19.1. The maximum atomic E-state index is 12.9. The van der Waals surface area contributed by atoms with Gasteiger partial charge in [0.1, 0.15) is 5.65 Å². The van der Waals surface area contributed by atoms with E-state index in [0.29, 0.717) is 40.6 Å². The summed E-state index contributed by atoms with van der Waals surface area (Å²) in [6, 6.07) is 10.2. The zero-order chi connectivity index (χ0) is 28.2. The number of aliphatic hydroxyl groups is 1. The topological polar surface area (TPSA) is 119 Å². The van der Waals surface area contributed by atoms with Crippen molar-refractivity contribution in [2.45, 2.75) is 83.6 Å². The summed E-state index contributed by atoms with van der Waals surface area (Å²) in [6.07, 6.45) is 9.07. The summed E-state index contributed by atoms with van der Waals surface area (Å²) in [7, 11) is 0. The average molecular weight is 545 g/mol. The number of nitrogens with one attached hydrogen (secondary N) is 1. The van der Waals surface area contributed by atoms with Crippen molar-refractivity contribution in [3.8, 4) is 0 Å². The maximum absolute atomic E-state index is 12.9. The zero-order valence-electron chi connectivity index (χ0n) is 23.6. The Morgan fingerprint density at radius 1 is 1.12 bits per heavy atom. The Morgan fingerprint density at radius 3 is 2.45 bits per heavy atom. The summed E-state index contributed by atoms with van der Waals surface area (Å²) in [5.74, 6) is 0.656. The Morgan fingerprint density at radius 2 is 1.82 bits per heavy atom. The van der Waals surface area contributed by atoms with E-state index in [-0.39, 0.29) is 18.7 Å². The fourth-order valence-corrected chi connectivity index (χ4v) is 7.78. The van der Waals surface area contributed by atoms with E-state index in [2.05, 4.69) is 36.3 Å². The number of benzene rings is 1. The van der Waals surface area contributed by atoms with Gasteiger partial charge in [0, 0.05) is 23.8 Å². The number of nitrogens with zero attached hydrogens (tertiary/aromatic N) is 2. The van der Waals surface area contributed by atoms with Gasteiger partial charge < -0.3 is 20.9 Å². The van der Waals surface area contributed by atoms with Crippen molar-refractivity contribution >= 4 is 28.6 Å². The van der Waals surface area contributed by atoms with Gasteiger partial charge in [-0.25, -0.2) is 4.98 Å². The molecule has 4 fully saturated rings. The molecule has 3 atom stereocenters. The quantitative estimate of drug-likeness (QED) is 0.327. The first kappa shape index (κ1) is 26.8. The van der Waals surface area contributed by atoms with Gasteiger partial charge >= 0.3 is 5.97 Å². The molecule has 1 aromatic carbocycles. The van der Waals surface area contributed by atoms with E-state index >= 15 is 0 Å². The van der Waals surface area contributed by atoms with Crippen molar-refractivity contribution < 1.29 is 19.4 Å². The second kappa shape index (κ2) is 10.2. The molecule has 8 heteroatoms. The number of primary amides is 1. The Balaban J connectivity index is 1.19. The van der Waals surface area contributed by atoms with Crippen molar-refractivity contribution in [3.63, 3.8) is 0 Å². The van der Waals surface area contributed by atoms with Crippen LogP contribution in [0.5, 0.6) is 0 Å². The molecule has 4 N–H and O–H groups in total. The number of amides is 1. The Labute approximate surface area is 235 Å². The minimum absolute atomic E-state index is 0.0177. The molecule has 212 valence electrons. The molecule has 2 aromatic heterocycles.